The van der Waals surface area contributed by atoms with Gasteiger partial charge in [0.25, 0.3) is 0 Å². The van der Waals surface area contributed by atoms with Crippen LogP contribution in [0.25, 0.3) is 0 Å². The van der Waals surface area contributed by atoms with Gasteiger partial charge in [0.15, 0.2) is 0 Å². The summed E-state index contributed by atoms with van der Waals surface area (Å²) in [6, 6.07) is 0.364. The molecule has 0 bridgehead atoms. The Morgan fingerprint density at radius 3 is 2.79 bits per heavy atom. The van der Waals surface area contributed by atoms with E-state index in [0.717, 1.165) is 31.7 Å². The minimum absolute atomic E-state index is 0.341. The molecule has 6 nitrogen and oxygen atoms in total. The number of rotatable bonds is 4. The van der Waals surface area contributed by atoms with Crippen molar-refractivity contribution in [2.75, 3.05) is 32.1 Å². The average Bonchev–Trinajstić information content (AvgIpc) is 2.81. The van der Waals surface area contributed by atoms with E-state index >= 15 is 0 Å². The third-order valence-corrected chi connectivity index (χ3v) is 3.63. The van der Waals surface area contributed by atoms with Crippen molar-refractivity contribution in [3.8, 4) is 0 Å². The van der Waals surface area contributed by atoms with Gasteiger partial charge in [-0.05, 0) is 33.9 Å². The van der Waals surface area contributed by atoms with Crippen LogP contribution in [0.15, 0.2) is 0 Å². The molecule has 1 aromatic rings. The second-order valence-corrected chi connectivity index (χ2v) is 5.46. The smallest absolute Gasteiger partial charge is 0.341 e. The Balaban J connectivity index is 2.37. The van der Waals surface area contributed by atoms with Gasteiger partial charge in [-0.15, -0.1) is 0 Å². The average molecular weight is 266 g/mol. The van der Waals surface area contributed by atoms with Crippen LogP contribution in [0.4, 0.5) is 5.82 Å². The quantitative estimate of drug-likeness (QED) is 0.879. The molecule has 1 N–H and O–H groups in total. The number of likely N-dealkylation sites (N-methyl/N-ethyl adjacent to an activating group) is 1. The Hall–Kier alpha value is -1.56. The van der Waals surface area contributed by atoms with Crippen molar-refractivity contribution in [1.82, 2.24) is 14.7 Å². The van der Waals surface area contributed by atoms with Crippen molar-refractivity contribution < 1.29 is 9.90 Å². The lowest BCUT2D eigenvalue weighted by Gasteiger charge is -2.29. The fourth-order valence-electron chi connectivity index (χ4n) is 2.95. The summed E-state index contributed by atoms with van der Waals surface area (Å²) in [5.74, 6) is -0.148. The molecule has 1 aromatic heterocycles. The van der Waals surface area contributed by atoms with E-state index in [1.54, 1.807) is 11.6 Å². The van der Waals surface area contributed by atoms with Crippen LogP contribution in [-0.2, 0) is 7.05 Å². The first kappa shape index (κ1) is 13.9. The maximum Gasteiger partial charge on any atom is 0.341 e. The van der Waals surface area contributed by atoms with Gasteiger partial charge in [0.2, 0.25) is 0 Å². The molecule has 1 saturated heterocycles. The lowest BCUT2D eigenvalue weighted by Crippen LogP contribution is -2.39. The predicted molar refractivity (Wildman–Crippen MR) is 73.8 cm³/mol. The van der Waals surface area contributed by atoms with Crippen LogP contribution in [0.3, 0.4) is 0 Å². The van der Waals surface area contributed by atoms with Gasteiger partial charge in [0.05, 0.1) is 5.69 Å². The molecule has 1 aliphatic heterocycles. The molecule has 0 aromatic carbocycles. The van der Waals surface area contributed by atoms with Gasteiger partial charge in [0.1, 0.15) is 11.4 Å². The highest BCUT2D eigenvalue weighted by Crippen LogP contribution is 2.30. The normalized spacial score (nSPS) is 19.4. The number of hydrogen-bond donors (Lipinski definition) is 1. The van der Waals surface area contributed by atoms with Crippen molar-refractivity contribution in [1.29, 1.82) is 0 Å². The minimum atomic E-state index is -0.892. The van der Waals surface area contributed by atoms with Gasteiger partial charge in [-0.1, -0.05) is 0 Å². The first-order chi connectivity index (χ1) is 8.91. The number of aromatic nitrogens is 2. The van der Waals surface area contributed by atoms with Gasteiger partial charge >= 0.3 is 5.97 Å². The van der Waals surface area contributed by atoms with Crippen molar-refractivity contribution in [3.05, 3.63) is 11.3 Å². The summed E-state index contributed by atoms with van der Waals surface area (Å²) in [4.78, 5) is 15.8. The summed E-state index contributed by atoms with van der Waals surface area (Å²) in [7, 11) is 5.91. The Labute approximate surface area is 113 Å². The van der Waals surface area contributed by atoms with Crippen LogP contribution < -0.4 is 4.90 Å². The first-order valence-corrected chi connectivity index (χ1v) is 6.60. The number of nitrogens with zero attached hydrogens (tertiary/aromatic N) is 4. The molecule has 2 heterocycles. The summed E-state index contributed by atoms with van der Waals surface area (Å²) in [5, 5.41) is 13.7. The molecule has 1 unspecified atom stereocenters. The molecule has 0 spiro atoms. The van der Waals surface area contributed by atoms with Gasteiger partial charge in [-0.25, -0.2) is 4.79 Å². The molecule has 1 fully saturated rings. The van der Waals surface area contributed by atoms with Crippen LogP contribution >= 0.6 is 0 Å². The van der Waals surface area contributed by atoms with Crippen LogP contribution in [-0.4, -0.2) is 59.0 Å². The highest BCUT2D eigenvalue weighted by molar-refractivity contribution is 5.95. The molecule has 0 aliphatic carbocycles. The third-order valence-electron chi connectivity index (χ3n) is 3.63. The summed E-state index contributed by atoms with van der Waals surface area (Å²) in [6.45, 7) is 3.59. The highest BCUT2D eigenvalue weighted by Gasteiger charge is 2.32. The van der Waals surface area contributed by atoms with Crippen molar-refractivity contribution in [3.63, 3.8) is 0 Å². The largest absolute Gasteiger partial charge is 0.477 e. The van der Waals surface area contributed by atoms with Crippen molar-refractivity contribution in [2.45, 2.75) is 25.8 Å². The van der Waals surface area contributed by atoms with Crippen molar-refractivity contribution >= 4 is 11.8 Å². The topological polar surface area (TPSA) is 61.6 Å². The zero-order valence-corrected chi connectivity index (χ0v) is 12.1. The molecule has 106 valence electrons. The maximum atomic E-state index is 11.5. The standard InChI is InChI=1S/C13H22N4O2/c1-9-11(13(18)19)12(16(4)14-9)17-7-5-6-10(17)8-15(2)3/h10H,5-8H2,1-4H3,(H,18,19). The fraction of sp³-hybridized carbons (Fsp3) is 0.692. The summed E-state index contributed by atoms with van der Waals surface area (Å²) >= 11 is 0. The molecule has 1 atom stereocenters. The van der Waals surface area contributed by atoms with Crippen LogP contribution in [0.2, 0.25) is 0 Å². The molecular weight excluding hydrogens is 244 g/mol. The molecule has 0 amide bonds. The number of hydrogen-bond acceptors (Lipinski definition) is 4. The zero-order chi connectivity index (χ0) is 14.2. The van der Waals surface area contributed by atoms with Gasteiger partial charge in [-0.2, -0.15) is 5.10 Å². The number of carbonyl (C=O) groups is 1. The molecule has 0 saturated carbocycles. The maximum absolute atomic E-state index is 11.5. The van der Waals surface area contributed by atoms with Crippen LogP contribution in [0.1, 0.15) is 28.9 Å². The Bertz CT molecular complexity index is 481. The van der Waals surface area contributed by atoms with E-state index in [9.17, 15) is 9.90 Å². The lowest BCUT2D eigenvalue weighted by atomic mass is 10.2. The second kappa shape index (κ2) is 5.21. The molecular formula is C13H22N4O2. The Morgan fingerprint density at radius 1 is 1.53 bits per heavy atom. The fourth-order valence-corrected chi connectivity index (χ4v) is 2.95. The summed E-state index contributed by atoms with van der Waals surface area (Å²) in [5.41, 5.74) is 0.925. The summed E-state index contributed by atoms with van der Waals surface area (Å²) < 4.78 is 1.70. The van der Waals surface area contributed by atoms with Gasteiger partial charge < -0.3 is 14.9 Å². The van der Waals surface area contributed by atoms with Crippen molar-refractivity contribution in [2.24, 2.45) is 7.05 Å². The van der Waals surface area contributed by atoms with Crippen LogP contribution in [0, 0.1) is 6.92 Å². The van der Waals surface area contributed by atoms with Crippen LogP contribution in [0.5, 0.6) is 0 Å². The Kier molecular flexibility index (Phi) is 3.80. The number of aromatic carboxylic acids is 1. The molecule has 0 radical (unpaired) electrons. The lowest BCUT2D eigenvalue weighted by molar-refractivity contribution is 0.0696. The zero-order valence-electron chi connectivity index (χ0n) is 12.1. The first-order valence-electron chi connectivity index (χ1n) is 6.60. The molecule has 2 rings (SSSR count). The van der Waals surface area contributed by atoms with E-state index in [1.807, 2.05) is 21.1 Å². The van der Waals surface area contributed by atoms with Gasteiger partial charge in [0, 0.05) is 26.2 Å². The minimum Gasteiger partial charge on any atom is -0.477 e. The predicted octanol–water partition coefficient (Wildman–Crippen LogP) is 0.957. The molecule has 1 aliphatic rings. The monoisotopic (exact) mass is 266 g/mol. The van der Waals surface area contributed by atoms with E-state index in [0.29, 0.717) is 17.3 Å². The number of carboxylic acids is 1. The number of carboxylic acid groups (broad SMARTS) is 1. The van der Waals surface area contributed by atoms with E-state index < -0.39 is 5.97 Å². The third kappa shape index (κ3) is 2.58. The second-order valence-electron chi connectivity index (χ2n) is 5.46. The van der Waals surface area contributed by atoms with E-state index in [-0.39, 0.29) is 0 Å². The number of anilines is 1. The highest BCUT2D eigenvalue weighted by atomic mass is 16.4. The number of aryl methyl sites for hydroxylation is 2. The SMILES string of the molecule is Cc1nn(C)c(N2CCCC2CN(C)C)c1C(=O)O. The van der Waals surface area contributed by atoms with E-state index in [4.69, 9.17) is 0 Å². The van der Waals surface area contributed by atoms with Gasteiger partial charge in [-0.3, -0.25) is 4.68 Å². The molecule has 19 heavy (non-hydrogen) atoms. The molecule has 6 heteroatoms. The Morgan fingerprint density at radius 2 is 2.21 bits per heavy atom. The summed E-state index contributed by atoms with van der Waals surface area (Å²) in [6.07, 6.45) is 2.20. The van der Waals surface area contributed by atoms with E-state index in [1.165, 1.54) is 0 Å². The van der Waals surface area contributed by atoms with E-state index in [2.05, 4.69) is 14.9 Å².